The molecule has 4 rings (SSSR count). The first-order valence-electron chi connectivity index (χ1n) is 7.61. The van der Waals surface area contributed by atoms with E-state index >= 15 is 0 Å². The minimum Gasteiger partial charge on any atom is -0.497 e. The van der Waals surface area contributed by atoms with E-state index in [2.05, 4.69) is 55.3 Å². The Morgan fingerprint density at radius 1 is 1.08 bits per heavy atom. The van der Waals surface area contributed by atoms with Crippen LogP contribution in [-0.4, -0.2) is 27.6 Å². The quantitative estimate of drug-likeness (QED) is 0.683. The Morgan fingerprint density at radius 2 is 1.83 bits per heavy atom. The van der Waals surface area contributed by atoms with Crippen molar-refractivity contribution in [3.8, 4) is 5.75 Å². The van der Waals surface area contributed by atoms with E-state index in [0.717, 1.165) is 33.5 Å². The van der Waals surface area contributed by atoms with Gasteiger partial charge in [0.2, 0.25) is 5.95 Å². The SMILES string of the molecule is COc1ccc(C2CC(c3ccc(Br)cc3)=Nc3ncnn32)cc1. The fourth-order valence-corrected chi connectivity index (χ4v) is 3.15. The largest absolute Gasteiger partial charge is 0.497 e. The van der Waals surface area contributed by atoms with E-state index < -0.39 is 0 Å². The molecule has 1 aromatic heterocycles. The van der Waals surface area contributed by atoms with E-state index in [1.54, 1.807) is 13.4 Å². The second kappa shape index (κ2) is 6.20. The molecule has 1 unspecified atom stereocenters. The summed E-state index contributed by atoms with van der Waals surface area (Å²) in [5.41, 5.74) is 3.28. The molecule has 1 aliphatic rings. The highest BCUT2D eigenvalue weighted by molar-refractivity contribution is 9.10. The zero-order chi connectivity index (χ0) is 16.5. The molecule has 0 amide bonds. The molecule has 0 saturated carbocycles. The first-order valence-corrected chi connectivity index (χ1v) is 8.41. The van der Waals surface area contributed by atoms with Crippen molar-refractivity contribution in [2.45, 2.75) is 12.5 Å². The molecule has 1 aliphatic heterocycles. The van der Waals surface area contributed by atoms with Crippen LogP contribution in [0, 0.1) is 0 Å². The van der Waals surface area contributed by atoms with Crippen molar-refractivity contribution in [2.24, 2.45) is 4.99 Å². The first kappa shape index (κ1) is 15.1. The third-order valence-electron chi connectivity index (χ3n) is 4.15. The van der Waals surface area contributed by atoms with Crippen LogP contribution in [0.25, 0.3) is 0 Å². The third-order valence-corrected chi connectivity index (χ3v) is 4.68. The van der Waals surface area contributed by atoms with Gasteiger partial charge in [-0.25, -0.2) is 9.67 Å². The van der Waals surface area contributed by atoms with Gasteiger partial charge in [0.25, 0.3) is 0 Å². The van der Waals surface area contributed by atoms with E-state index in [9.17, 15) is 0 Å². The Hall–Kier alpha value is -2.47. The molecule has 24 heavy (non-hydrogen) atoms. The van der Waals surface area contributed by atoms with Gasteiger partial charge in [-0.2, -0.15) is 10.1 Å². The van der Waals surface area contributed by atoms with E-state index in [4.69, 9.17) is 4.74 Å². The van der Waals surface area contributed by atoms with Crippen molar-refractivity contribution in [1.29, 1.82) is 0 Å². The summed E-state index contributed by atoms with van der Waals surface area (Å²) in [6.07, 6.45) is 2.32. The molecule has 6 heteroatoms. The number of aliphatic imine (C=N–C) groups is 1. The number of rotatable bonds is 3. The van der Waals surface area contributed by atoms with Gasteiger partial charge in [-0.15, -0.1) is 0 Å². The molecule has 2 aromatic carbocycles. The molecule has 0 saturated heterocycles. The highest BCUT2D eigenvalue weighted by atomic mass is 79.9. The van der Waals surface area contributed by atoms with E-state index in [1.807, 2.05) is 28.9 Å². The van der Waals surface area contributed by atoms with Gasteiger partial charge in [-0.1, -0.05) is 40.2 Å². The van der Waals surface area contributed by atoms with Crippen LogP contribution in [-0.2, 0) is 0 Å². The molecule has 0 spiro atoms. The highest BCUT2D eigenvalue weighted by Gasteiger charge is 2.26. The lowest BCUT2D eigenvalue weighted by Crippen LogP contribution is -2.21. The van der Waals surface area contributed by atoms with Crippen LogP contribution >= 0.6 is 15.9 Å². The summed E-state index contributed by atoms with van der Waals surface area (Å²) in [5, 5.41) is 4.36. The topological polar surface area (TPSA) is 52.3 Å². The van der Waals surface area contributed by atoms with Gasteiger partial charge in [0, 0.05) is 10.9 Å². The van der Waals surface area contributed by atoms with Gasteiger partial charge >= 0.3 is 0 Å². The Bertz CT molecular complexity index is 884. The zero-order valence-corrected chi connectivity index (χ0v) is 14.6. The number of halogens is 1. The van der Waals surface area contributed by atoms with Crippen LogP contribution in [0.15, 0.2) is 64.3 Å². The second-order valence-electron chi connectivity index (χ2n) is 5.56. The number of ether oxygens (including phenoxy) is 1. The second-order valence-corrected chi connectivity index (χ2v) is 6.48. The predicted molar refractivity (Wildman–Crippen MR) is 96.1 cm³/mol. The molecule has 0 N–H and O–H groups in total. The van der Waals surface area contributed by atoms with Crippen molar-refractivity contribution in [1.82, 2.24) is 14.8 Å². The van der Waals surface area contributed by atoms with Gasteiger partial charge in [0.15, 0.2) is 0 Å². The third kappa shape index (κ3) is 2.73. The number of fused-ring (bicyclic) bond motifs is 1. The summed E-state index contributed by atoms with van der Waals surface area (Å²) in [6, 6.07) is 16.3. The molecule has 120 valence electrons. The Labute approximate surface area is 148 Å². The fraction of sp³-hybridized carbons (Fsp3) is 0.167. The molecule has 2 heterocycles. The van der Waals surface area contributed by atoms with Crippen molar-refractivity contribution in [3.63, 3.8) is 0 Å². The normalized spacial score (nSPS) is 16.4. The van der Waals surface area contributed by atoms with Gasteiger partial charge in [-0.05, 0) is 35.4 Å². The predicted octanol–water partition coefficient (Wildman–Crippen LogP) is 4.16. The molecule has 0 radical (unpaired) electrons. The zero-order valence-electron chi connectivity index (χ0n) is 13.1. The summed E-state index contributed by atoms with van der Waals surface area (Å²) in [5.74, 6) is 1.48. The Kier molecular flexibility index (Phi) is 3.90. The van der Waals surface area contributed by atoms with Crippen molar-refractivity contribution in [3.05, 3.63) is 70.5 Å². The molecule has 0 bridgehead atoms. The van der Waals surface area contributed by atoms with Crippen molar-refractivity contribution < 1.29 is 4.74 Å². The Balaban J connectivity index is 1.74. The molecule has 5 nitrogen and oxygen atoms in total. The van der Waals surface area contributed by atoms with Crippen LogP contribution < -0.4 is 4.74 Å². The average Bonchev–Trinajstić information content (AvgIpc) is 3.10. The van der Waals surface area contributed by atoms with E-state index in [-0.39, 0.29) is 6.04 Å². The molecule has 0 aliphatic carbocycles. The molecule has 1 atom stereocenters. The van der Waals surface area contributed by atoms with Gasteiger partial charge in [0.1, 0.15) is 12.1 Å². The number of nitrogens with zero attached hydrogens (tertiary/aromatic N) is 4. The van der Waals surface area contributed by atoms with Crippen LogP contribution in [0.5, 0.6) is 5.75 Å². The van der Waals surface area contributed by atoms with Crippen LogP contribution in [0.2, 0.25) is 0 Å². The number of methoxy groups -OCH3 is 1. The maximum absolute atomic E-state index is 5.25. The summed E-state index contributed by atoms with van der Waals surface area (Å²) < 4.78 is 8.18. The summed E-state index contributed by atoms with van der Waals surface area (Å²) >= 11 is 3.47. The summed E-state index contributed by atoms with van der Waals surface area (Å²) in [6.45, 7) is 0. The summed E-state index contributed by atoms with van der Waals surface area (Å²) in [4.78, 5) is 8.97. The number of hydrogen-bond donors (Lipinski definition) is 0. The van der Waals surface area contributed by atoms with E-state index in [0.29, 0.717) is 5.95 Å². The van der Waals surface area contributed by atoms with Gasteiger partial charge < -0.3 is 4.74 Å². The lowest BCUT2D eigenvalue weighted by molar-refractivity contribution is 0.414. The Morgan fingerprint density at radius 3 is 2.54 bits per heavy atom. The van der Waals surface area contributed by atoms with Gasteiger partial charge in [-0.3, -0.25) is 0 Å². The monoisotopic (exact) mass is 382 g/mol. The van der Waals surface area contributed by atoms with Gasteiger partial charge in [0.05, 0.1) is 18.9 Å². The molecule has 0 fully saturated rings. The smallest absolute Gasteiger partial charge is 0.248 e. The molecule has 3 aromatic rings. The minimum atomic E-state index is 0.0737. The lowest BCUT2D eigenvalue weighted by atomic mass is 9.96. The maximum atomic E-state index is 5.25. The van der Waals surface area contributed by atoms with Crippen molar-refractivity contribution >= 4 is 27.6 Å². The number of aromatic nitrogens is 3. The van der Waals surface area contributed by atoms with Crippen LogP contribution in [0.1, 0.15) is 23.6 Å². The van der Waals surface area contributed by atoms with Crippen LogP contribution in [0.4, 0.5) is 5.95 Å². The highest BCUT2D eigenvalue weighted by Crippen LogP contribution is 2.32. The lowest BCUT2D eigenvalue weighted by Gasteiger charge is -2.24. The average molecular weight is 383 g/mol. The maximum Gasteiger partial charge on any atom is 0.248 e. The molecular formula is C18H15BrN4O. The van der Waals surface area contributed by atoms with Crippen molar-refractivity contribution in [2.75, 3.05) is 7.11 Å². The summed E-state index contributed by atoms with van der Waals surface area (Å²) in [7, 11) is 1.67. The van der Waals surface area contributed by atoms with Crippen LogP contribution in [0.3, 0.4) is 0 Å². The first-order chi connectivity index (χ1) is 11.7. The van der Waals surface area contributed by atoms with E-state index in [1.165, 1.54) is 0 Å². The number of benzene rings is 2. The fourth-order valence-electron chi connectivity index (χ4n) is 2.89. The number of hydrogen-bond acceptors (Lipinski definition) is 4. The minimum absolute atomic E-state index is 0.0737. The standard InChI is InChI=1S/C18H15BrN4O/c1-24-15-8-4-13(5-9-15)17-10-16(12-2-6-14(19)7-3-12)22-18-20-11-21-23(17)18/h2-9,11,17H,10H2,1H3. The molecular weight excluding hydrogens is 368 g/mol.